The molecular weight excluding hydrogens is 334 g/mol. The highest BCUT2D eigenvalue weighted by Gasteiger charge is 2.32. The number of rotatable bonds is 3. The summed E-state index contributed by atoms with van der Waals surface area (Å²) in [6.07, 6.45) is 3.29. The van der Waals surface area contributed by atoms with Gasteiger partial charge in [-0.25, -0.2) is 9.97 Å². The lowest BCUT2D eigenvalue weighted by atomic mass is 10.1. The molecule has 2 aromatic heterocycles. The standard InChI is InChI=1S/C18H15N5OS/c19-10-12-3-5-13(6-4-12)22-17(24)15-2-1-8-23(15)16-14-7-9-25-18(14)21-11-20-16/h3-7,9,11,15H,1-2,8H2,(H,22,24)/t15-/m1/s1. The molecule has 6 nitrogen and oxygen atoms in total. The van der Waals surface area contributed by atoms with Crippen LogP contribution < -0.4 is 10.2 Å². The molecular formula is C18H15N5OS. The van der Waals surface area contributed by atoms with Gasteiger partial charge < -0.3 is 10.2 Å². The Morgan fingerprint density at radius 3 is 2.92 bits per heavy atom. The number of carbonyl (C=O) groups excluding carboxylic acids is 1. The zero-order chi connectivity index (χ0) is 17.2. The minimum absolute atomic E-state index is 0.0517. The molecule has 3 aromatic rings. The van der Waals surface area contributed by atoms with Crippen LogP contribution in [-0.4, -0.2) is 28.5 Å². The summed E-state index contributed by atoms with van der Waals surface area (Å²) in [5, 5.41) is 14.8. The number of thiophene rings is 1. The van der Waals surface area contributed by atoms with E-state index < -0.39 is 0 Å². The number of anilines is 2. The Kier molecular flexibility index (Phi) is 4.04. The van der Waals surface area contributed by atoms with Crippen molar-refractivity contribution in [2.45, 2.75) is 18.9 Å². The van der Waals surface area contributed by atoms with Gasteiger partial charge in [0.2, 0.25) is 5.91 Å². The molecule has 1 atom stereocenters. The Bertz CT molecular complexity index is 960. The molecule has 25 heavy (non-hydrogen) atoms. The molecule has 1 fully saturated rings. The summed E-state index contributed by atoms with van der Waals surface area (Å²) in [6, 6.07) is 10.7. The molecule has 1 saturated heterocycles. The number of fused-ring (bicyclic) bond motifs is 1. The van der Waals surface area contributed by atoms with E-state index in [1.807, 2.05) is 11.4 Å². The van der Waals surface area contributed by atoms with Crippen LogP contribution in [0.15, 0.2) is 42.0 Å². The van der Waals surface area contributed by atoms with Crippen molar-refractivity contribution in [3.8, 4) is 6.07 Å². The van der Waals surface area contributed by atoms with E-state index in [0.29, 0.717) is 11.3 Å². The largest absolute Gasteiger partial charge is 0.344 e. The zero-order valence-electron chi connectivity index (χ0n) is 13.3. The molecule has 7 heteroatoms. The zero-order valence-corrected chi connectivity index (χ0v) is 14.2. The highest BCUT2D eigenvalue weighted by Crippen LogP contribution is 2.32. The molecule has 0 saturated carbocycles. The van der Waals surface area contributed by atoms with E-state index in [2.05, 4.69) is 26.3 Å². The van der Waals surface area contributed by atoms with Crippen molar-refractivity contribution < 1.29 is 4.79 Å². The molecule has 4 rings (SSSR count). The maximum Gasteiger partial charge on any atom is 0.247 e. The predicted molar refractivity (Wildman–Crippen MR) is 97.6 cm³/mol. The average Bonchev–Trinajstić information content (AvgIpc) is 3.31. The van der Waals surface area contributed by atoms with Crippen LogP contribution in [0.2, 0.25) is 0 Å². The van der Waals surface area contributed by atoms with Gasteiger partial charge in [0.1, 0.15) is 23.0 Å². The van der Waals surface area contributed by atoms with Crippen molar-refractivity contribution >= 4 is 39.0 Å². The molecule has 1 aliphatic rings. The predicted octanol–water partition coefficient (Wildman–Crippen LogP) is 3.17. The molecule has 1 aliphatic heterocycles. The van der Waals surface area contributed by atoms with E-state index in [-0.39, 0.29) is 11.9 Å². The van der Waals surface area contributed by atoms with Gasteiger partial charge in [0.15, 0.2) is 0 Å². The monoisotopic (exact) mass is 349 g/mol. The van der Waals surface area contributed by atoms with Crippen LogP contribution in [-0.2, 0) is 4.79 Å². The third-order valence-corrected chi connectivity index (χ3v) is 5.17. The first-order chi connectivity index (χ1) is 12.3. The van der Waals surface area contributed by atoms with E-state index in [9.17, 15) is 4.79 Å². The minimum atomic E-state index is -0.256. The molecule has 1 aromatic carbocycles. The van der Waals surface area contributed by atoms with Crippen molar-refractivity contribution in [1.82, 2.24) is 9.97 Å². The van der Waals surface area contributed by atoms with Crippen LogP contribution in [0.4, 0.5) is 11.5 Å². The number of aromatic nitrogens is 2. The van der Waals surface area contributed by atoms with Crippen molar-refractivity contribution in [3.05, 3.63) is 47.6 Å². The molecule has 0 unspecified atom stereocenters. The second-order valence-electron chi connectivity index (χ2n) is 5.87. The fourth-order valence-corrected chi connectivity index (χ4v) is 3.88. The third kappa shape index (κ3) is 2.92. The highest BCUT2D eigenvalue weighted by molar-refractivity contribution is 7.16. The lowest BCUT2D eigenvalue weighted by Crippen LogP contribution is -2.40. The molecule has 0 bridgehead atoms. The minimum Gasteiger partial charge on any atom is -0.344 e. The normalized spacial score (nSPS) is 16.8. The lowest BCUT2D eigenvalue weighted by Gasteiger charge is -2.25. The van der Waals surface area contributed by atoms with Gasteiger partial charge in [-0.2, -0.15) is 5.26 Å². The van der Waals surface area contributed by atoms with Gasteiger partial charge in [-0.15, -0.1) is 11.3 Å². The Balaban J connectivity index is 1.57. The summed E-state index contributed by atoms with van der Waals surface area (Å²) < 4.78 is 0. The Labute approximate surface area is 148 Å². The van der Waals surface area contributed by atoms with Crippen LogP contribution in [0.5, 0.6) is 0 Å². The first-order valence-corrected chi connectivity index (χ1v) is 8.90. The van der Waals surface area contributed by atoms with Crippen LogP contribution in [0.1, 0.15) is 18.4 Å². The Hall–Kier alpha value is -2.98. The number of carbonyl (C=O) groups is 1. The van der Waals surface area contributed by atoms with Gasteiger partial charge in [-0.05, 0) is 48.6 Å². The second kappa shape index (κ2) is 6.49. The molecule has 124 valence electrons. The van der Waals surface area contributed by atoms with Crippen LogP contribution in [0.25, 0.3) is 10.2 Å². The fourth-order valence-electron chi connectivity index (χ4n) is 3.15. The quantitative estimate of drug-likeness (QED) is 0.785. The number of nitriles is 1. The topological polar surface area (TPSA) is 81.9 Å². The second-order valence-corrected chi connectivity index (χ2v) is 6.76. The van der Waals surface area contributed by atoms with E-state index in [0.717, 1.165) is 35.4 Å². The summed E-state index contributed by atoms with van der Waals surface area (Å²) in [5.41, 5.74) is 1.26. The van der Waals surface area contributed by atoms with Crippen LogP contribution in [0.3, 0.4) is 0 Å². The summed E-state index contributed by atoms with van der Waals surface area (Å²) >= 11 is 1.57. The smallest absolute Gasteiger partial charge is 0.247 e. The van der Waals surface area contributed by atoms with Gasteiger partial charge in [-0.1, -0.05) is 0 Å². The van der Waals surface area contributed by atoms with Gasteiger partial charge in [0.25, 0.3) is 0 Å². The number of nitrogens with one attached hydrogen (secondary N) is 1. The fraction of sp³-hybridized carbons (Fsp3) is 0.222. The lowest BCUT2D eigenvalue weighted by molar-refractivity contribution is -0.117. The molecule has 0 aliphatic carbocycles. The Morgan fingerprint density at radius 1 is 1.28 bits per heavy atom. The first kappa shape index (κ1) is 15.5. The maximum absolute atomic E-state index is 12.8. The highest BCUT2D eigenvalue weighted by atomic mass is 32.1. The summed E-state index contributed by atoms with van der Waals surface area (Å²) in [5.74, 6) is 0.771. The summed E-state index contributed by atoms with van der Waals surface area (Å²) in [7, 11) is 0. The number of hydrogen-bond acceptors (Lipinski definition) is 6. The number of hydrogen-bond donors (Lipinski definition) is 1. The molecule has 3 heterocycles. The van der Waals surface area contributed by atoms with Crippen LogP contribution >= 0.6 is 11.3 Å². The summed E-state index contributed by atoms with van der Waals surface area (Å²) in [6.45, 7) is 0.799. The van der Waals surface area contributed by atoms with Crippen molar-refractivity contribution in [2.24, 2.45) is 0 Å². The van der Waals surface area contributed by atoms with Gasteiger partial charge in [0.05, 0.1) is 17.0 Å². The molecule has 1 amide bonds. The first-order valence-electron chi connectivity index (χ1n) is 8.02. The summed E-state index contributed by atoms with van der Waals surface area (Å²) in [4.78, 5) is 24.5. The van der Waals surface area contributed by atoms with E-state index in [1.165, 1.54) is 0 Å². The number of amides is 1. The average molecular weight is 349 g/mol. The molecule has 0 spiro atoms. The Morgan fingerprint density at radius 2 is 2.12 bits per heavy atom. The SMILES string of the molecule is N#Cc1ccc(NC(=O)[C@H]2CCCN2c2ncnc3sccc23)cc1. The van der Waals surface area contributed by atoms with Crippen molar-refractivity contribution in [3.63, 3.8) is 0 Å². The van der Waals surface area contributed by atoms with Crippen LogP contribution in [0, 0.1) is 11.3 Å². The van der Waals surface area contributed by atoms with E-state index in [1.54, 1.807) is 41.9 Å². The van der Waals surface area contributed by atoms with Gasteiger partial charge >= 0.3 is 0 Å². The third-order valence-electron chi connectivity index (χ3n) is 4.35. The van der Waals surface area contributed by atoms with Crippen molar-refractivity contribution in [1.29, 1.82) is 5.26 Å². The van der Waals surface area contributed by atoms with Gasteiger partial charge in [-0.3, -0.25) is 4.79 Å². The number of nitrogens with zero attached hydrogens (tertiary/aromatic N) is 4. The van der Waals surface area contributed by atoms with E-state index >= 15 is 0 Å². The maximum atomic E-state index is 12.8. The molecule has 1 N–H and O–H groups in total. The number of benzene rings is 1. The van der Waals surface area contributed by atoms with Crippen molar-refractivity contribution in [2.75, 3.05) is 16.8 Å². The molecule has 0 radical (unpaired) electrons. The van der Waals surface area contributed by atoms with Gasteiger partial charge in [0, 0.05) is 12.2 Å². The van der Waals surface area contributed by atoms with E-state index in [4.69, 9.17) is 5.26 Å².